The van der Waals surface area contributed by atoms with Crippen molar-refractivity contribution >= 4 is 34.5 Å². The lowest BCUT2D eigenvalue weighted by molar-refractivity contribution is -0.114. The van der Waals surface area contributed by atoms with Gasteiger partial charge in [0.2, 0.25) is 5.91 Å². The van der Waals surface area contributed by atoms with E-state index in [4.69, 9.17) is 0 Å². The lowest BCUT2D eigenvalue weighted by Crippen LogP contribution is -2.14. The van der Waals surface area contributed by atoms with Crippen molar-refractivity contribution in [3.63, 3.8) is 0 Å². The second-order valence-electron chi connectivity index (χ2n) is 5.52. The summed E-state index contributed by atoms with van der Waals surface area (Å²) in [7, 11) is 0. The van der Waals surface area contributed by atoms with E-state index in [1.54, 1.807) is 41.7 Å². The van der Waals surface area contributed by atoms with Gasteiger partial charge in [0.15, 0.2) is 0 Å². The summed E-state index contributed by atoms with van der Waals surface area (Å²) >= 11 is 1.61. The first-order valence-corrected chi connectivity index (χ1v) is 8.61. The van der Waals surface area contributed by atoms with Crippen LogP contribution < -0.4 is 10.6 Å². The maximum Gasteiger partial charge on any atom is 0.257 e. The number of carbonyl (C=O) groups is 2. The Morgan fingerprint density at radius 2 is 1.64 bits per heavy atom. The van der Waals surface area contributed by atoms with Crippen LogP contribution in [0.3, 0.4) is 0 Å². The van der Waals surface area contributed by atoms with E-state index in [-0.39, 0.29) is 11.8 Å². The van der Waals surface area contributed by atoms with Crippen molar-refractivity contribution in [3.05, 3.63) is 65.2 Å². The van der Waals surface area contributed by atoms with E-state index in [9.17, 15) is 9.59 Å². The molecule has 0 radical (unpaired) electrons. The number of hydrogen-bond donors (Lipinski definition) is 2. The molecule has 126 valence electrons. The molecule has 0 unspecified atom stereocenters. The van der Waals surface area contributed by atoms with Gasteiger partial charge in [-0.2, -0.15) is 0 Å². The second kappa shape index (κ2) is 7.27. The van der Waals surface area contributed by atoms with Crippen LogP contribution in [0.15, 0.2) is 53.9 Å². The first-order valence-electron chi connectivity index (χ1n) is 7.73. The maximum absolute atomic E-state index is 12.5. The fourth-order valence-corrected chi connectivity index (χ4v) is 3.10. The Bertz CT molecular complexity index is 903. The summed E-state index contributed by atoms with van der Waals surface area (Å²) in [6.45, 7) is 3.28. The fraction of sp³-hybridized carbons (Fsp3) is 0.105. The number of nitrogens with one attached hydrogen (secondary N) is 2. The molecule has 0 saturated carbocycles. The molecule has 0 saturated heterocycles. The van der Waals surface area contributed by atoms with Crippen molar-refractivity contribution < 1.29 is 9.59 Å². The molecule has 0 aliphatic carbocycles. The first kappa shape index (κ1) is 16.9. The molecule has 0 atom stereocenters. The van der Waals surface area contributed by atoms with Gasteiger partial charge >= 0.3 is 0 Å². The number of rotatable bonds is 4. The molecule has 0 spiro atoms. The average molecular weight is 351 g/mol. The van der Waals surface area contributed by atoms with E-state index in [0.29, 0.717) is 22.6 Å². The Morgan fingerprint density at radius 1 is 0.960 bits per heavy atom. The summed E-state index contributed by atoms with van der Waals surface area (Å²) < 4.78 is 0. The number of anilines is 2. The van der Waals surface area contributed by atoms with Crippen molar-refractivity contribution in [2.75, 3.05) is 10.6 Å². The summed E-state index contributed by atoms with van der Waals surface area (Å²) in [5.41, 5.74) is 3.41. The SMILES string of the molecule is CC(=O)Nc1ccc(NC(=O)c2ccc(-c3cccs3)nc2C)cc1. The third kappa shape index (κ3) is 4.10. The first-order chi connectivity index (χ1) is 12.0. The third-order valence-electron chi connectivity index (χ3n) is 3.57. The lowest BCUT2D eigenvalue weighted by Gasteiger charge is -2.09. The van der Waals surface area contributed by atoms with Gasteiger partial charge in [-0.3, -0.25) is 14.6 Å². The van der Waals surface area contributed by atoms with Gasteiger partial charge in [-0.25, -0.2) is 0 Å². The highest BCUT2D eigenvalue weighted by atomic mass is 32.1. The van der Waals surface area contributed by atoms with Crippen molar-refractivity contribution in [1.29, 1.82) is 0 Å². The van der Waals surface area contributed by atoms with Crippen molar-refractivity contribution in [3.8, 4) is 10.6 Å². The Balaban J connectivity index is 1.74. The number of thiophene rings is 1. The lowest BCUT2D eigenvalue weighted by atomic mass is 10.1. The van der Waals surface area contributed by atoms with Crippen LogP contribution in [0.1, 0.15) is 23.0 Å². The number of nitrogens with zero attached hydrogens (tertiary/aromatic N) is 1. The summed E-state index contributed by atoms with van der Waals surface area (Å²) in [6.07, 6.45) is 0. The van der Waals surface area contributed by atoms with E-state index in [1.165, 1.54) is 6.92 Å². The number of carbonyl (C=O) groups excluding carboxylic acids is 2. The molecule has 2 aromatic heterocycles. The number of amides is 2. The predicted octanol–water partition coefficient (Wildman–Crippen LogP) is 4.33. The molecule has 6 heteroatoms. The second-order valence-corrected chi connectivity index (χ2v) is 6.47. The minimum atomic E-state index is -0.213. The van der Waals surface area contributed by atoms with Gasteiger partial charge in [0.05, 0.1) is 21.8 Å². The van der Waals surface area contributed by atoms with E-state index in [2.05, 4.69) is 15.6 Å². The zero-order valence-corrected chi connectivity index (χ0v) is 14.7. The minimum absolute atomic E-state index is 0.135. The largest absolute Gasteiger partial charge is 0.326 e. The van der Waals surface area contributed by atoms with Gasteiger partial charge in [-0.05, 0) is 54.8 Å². The fourth-order valence-electron chi connectivity index (χ4n) is 2.40. The highest BCUT2D eigenvalue weighted by molar-refractivity contribution is 7.13. The Kier molecular flexibility index (Phi) is 4.90. The molecular formula is C19H17N3O2S. The summed E-state index contributed by atoms with van der Waals surface area (Å²) in [4.78, 5) is 29.1. The number of pyridine rings is 1. The summed E-state index contributed by atoms with van der Waals surface area (Å²) in [5.74, 6) is -0.348. The smallest absolute Gasteiger partial charge is 0.257 e. The quantitative estimate of drug-likeness (QED) is 0.735. The van der Waals surface area contributed by atoms with Crippen molar-refractivity contribution in [1.82, 2.24) is 4.98 Å². The van der Waals surface area contributed by atoms with Gasteiger partial charge < -0.3 is 10.6 Å². The van der Waals surface area contributed by atoms with Crippen LogP contribution in [0.2, 0.25) is 0 Å². The molecule has 25 heavy (non-hydrogen) atoms. The molecule has 2 amide bonds. The van der Waals surface area contributed by atoms with Gasteiger partial charge in [0.25, 0.3) is 5.91 Å². The normalized spacial score (nSPS) is 10.3. The van der Waals surface area contributed by atoms with Crippen LogP contribution in [-0.2, 0) is 4.79 Å². The van der Waals surface area contributed by atoms with E-state index in [1.807, 2.05) is 30.5 Å². The maximum atomic E-state index is 12.5. The van der Waals surface area contributed by atoms with Crippen LogP contribution in [-0.4, -0.2) is 16.8 Å². The molecule has 0 aliphatic heterocycles. The molecule has 5 nitrogen and oxygen atoms in total. The zero-order chi connectivity index (χ0) is 17.8. The predicted molar refractivity (Wildman–Crippen MR) is 101 cm³/mol. The highest BCUT2D eigenvalue weighted by Gasteiger charge is 2.12. The average Bonchev–Trinajstić information content (AvgIpc) is 3.10. The van der Waals surface area contributed by atoms with Gasteiger partial charge in [0.1, 0.15) is 0 Å². The Morgan fingerprint density at radius 3 is 2.20 bits per heavy atom. The summed E-state index contributed by atoms with van der Waals surface area (Å²) in [6, 6.07) is 14.6. The van der Waals surface area contributed by atoms with Crippen LogP contribution in [0.25, 0.3) is 10.6 Å². The number of aryl methyl sites for hydroxylation is 1. The topological polar surface area (TPSA) is 71.1 Å². The van der Waals surface area contributed by atoms with E-state index in [0.717, 1.165) is 10.6 Å². The van der Waals surface area contributed by atoms with Gasteiger partial charge in [-0.15, -0.1) is 11.3 Å². The molecular weight excluding hydrogens is 334 g/mol. The van der Waals surface area contributed by atoms with Gasteiger partial charge in [-0.1, -0.05) is 6.07 Å². The number of aromatic nitrogens is 1. The Labute approximate surface area is 149 Å². The number of benzene rings is 1. The van der Waals surface area contributed by atoms with Crippen LogP contribution >= 0.6 is 11.3 Å². The summed E-state index contributed by atoms with van der Waals surface area (Å²) in [5, 5.41) is 7.53. The molecule has 3 rings (SSSR count). The van der Waals surface area contributed by atoms with E-state index >= 15 is 0 Å². The van der Waals surface area contributed by atoms with Crippen molar-refractivity contribution in [2.45, 2.75) is 13.8 Å². The van der Waals surface area contributed by atoms with Crippen LogP contribution in [0.5, 0.6) is 0 Å². The van der Waals surface area contributed by atoms with Crippen LogP contribution in [0.4, 0.5) is 11.4 Å². The molecule has 1 aromatic carbocycles. The molecule has 0 fully saturated rings. The number of hydrogen-bond acceptors (Lipinski definition) is 4. The van der Waals surface area contributed by atoms with E-state index < -0.39 is 0 Å². The van der Waals surface area contributed by atoms with Crippen molar-refractivity contribution in [2.24, 2.45) is 0 Å². The van der Waals surface area contributed by atoms with Crippen LogP contribution in [0, 0.1) is 6.92 Å². The standard InChI is InChI=1S/C19H17N3O2S/c1-12-16(9-10-17(20-12)18-4-3-11-25-18)19(24)22-15-7-5-14(6-8-15)21-13(2)23/h3-11H,1-2H3,(H,21,23)(H,22,24). The van der Waals surface area contributed by atoms with Gasteiger partial charge in [0, 0.05) is 18.3 Å². The zero-order valence-electron chi connectivity index (χ0n) is 13.9. The Hall–Kier alpha value is -2.99. The third-order valence-corrected chi connectivity index (χ3v) is 4.46. The molecule has 2 N–H and O–H groups in total. The molecule has 3 aromatic rings. The monoisotopic (exact) mass is 351 g/mol. The highest BCUT2D eigenvalue weighted by Crippen LogP contribution is 2.24. The molecule has 0 aliphatic rings. The molecule has 2 heterocycles. The molecule has 0 bridgehead atoms. The minimum Gasteiger partial charge on any atom is -0.326 e.